The Morgan fingerprint density at radius 2 is 1.89 bits per heavy atom. The second-order valence-corrected chi connectivity index (χ2v) is 8.11. The number of hydrogen-bond acceptors (Lipinski definition) is 4. The number of likely N-dealkylation sites (tertiary alicyclic amines) is 1. The normalized spacial score (nSPS) is 18.3. The molecule has 1 aromatic heterocycles. The van der Waals surface area contributed by atoms with E-state index in [2.05, 4.69) is 26.4 Å². The van der Waals surface area contributed by atoms with Gasteiger partial charge in [-0.1, -0.05) is 28.1 Å². The Morgan fingerprint density at radius 1 is 1.11 bits per heavy atom. The molecule has 2 aliphatic heterocycles. The van der Waals surface area contributed by atoms with E-state index in [0.717, 1.165) is 26.8 Å². The number of benzene rings is 2. The first kappa shape index (κ1) is 17.5. The molecule has 1 spiro atoms. The lowest BCUT2D eigenvalue weighted by atomic mass is 10.00. The van der Waals surface area contributed by atoms with E-state index in [9.17, 15) is 4.79 Å². The predicted octanol–water partition coefficient (Wildman–Crippen LogP) is 3.84. The number of hydrogen-bond donors (Lipinski definition) is 2. The lowest BCUT2D eigenvalue weighted by molar-refractivity contribution is -0.0849. The quantitative estimate of drug-likeness (QED) is 0.638. The third kappa shape index (κ3) is 3.10. The summed E-state index contributed by atoms with van der Waals surface area (Å²) in [5.74, 6) is 0.797. The topological polar surface area (TPSA) is 69.7 Å². The maximum atomic E-state index is 12.9. The molecule has 28 heavy (non-hydrogen) atoms. The number of aromatic amines is 1. The molecule has 5 rings (SSSR count). The lowest BCUT2D eigenvalue weighted by Gasteiger charge is -2.35. The largest absolute Gasteiger partial charge is 0.361 e. The first-order chi connectivity index (χ1) is 13.6. The molecule has 1 fully saturated rings. The van der Waals surface area contributed by atoms with Crippen molar-refractivity contribution >= 4 is 38.6 Å². The molecule has 2 aliphatic rings. The summed E-state index contributed by atoms with van der Waals surface area (Å²) in [7, 11) is 0. The molecule has 2 N–H and O–H groups in total. The number of nitrogens with one attached hydrogen (secondary N) is 2. The summed E-state index contributed by atoms with van der Waals surface area (Å²) in [4.78, 5) is 28.6. The average molecular weight is 439 g/mol. The SMILES string of the molecule is O=C(c1ccc2[nH]ccc2c1)N1CCC2(CC1)N=C(c1ccc(Br)cc1)NO2. The van der Waals surface area contributed by atoms with Gasteiger partial charge in [0.2, 0.25) is 0 Å². The first-order valence-corrected chi connectivity index (χ1v) is 10.1. The van der Waals surface area contributed by atoms with Crippen molar-refractivity contribution in [3.05, 3.63) is 70.3 Å². The smallest absolute Gasteiger partial charge is 0.253 e. The molecule has 7 heteroatoms. The Kier molecular flexibility index (Phi) is 4.21. The highest BCUT2D eigenvalue weighted by molar-refractivity contribution is 9.10. The third-order valence-corrected chi connectivity index (χ3v) is 5.93. The molecule has 0 atom stereocenters. The van der Waals surface area contributed by atoms with Crippen LogP contribution < -0.4 is 5.48 Å². The molecule has 0 aliphatic carbocycles. The molecular formula is C21H19BrN4O2. The van der Waals surface area contributed by atoms with Crippen LogP contribution in [-0.2, 0) is 4.84 Å². The molecule has 6 nitrogen and oxygen atoms in total. The number of amidine groups is 1. The van der Waals surface area contributed by atoms with Gasteiger partial charge in [0.25, 0.3) is 5.91 Å². The van der Waals surface area contributed by atoms with Gasteiger partial charge in [-0.15, -0.1) is 0 Å². The van der Waals surface area contributed by atoms with Crippen molar-refractivity contribution in [2.24, 2.45) is 4.99 Å². The number of hydroxylamine groups is 1. The predicted molar refractivity (Wildman–Crippen MR) is 111 cm³/mol. The second kappa shape index (κ2) is 6.76. The molecular weight excluding hydrogens is 420 g/mol. The summed E-state index contributed by atoms with van der Waals surface area (Å²) in [5, 5.41) is 1.05. The number of fused-ring (bicyclic) bond motifs is 1. The minimum absolute atomic E-state index is 0.0565. The van der Waals surface area contributed by atoms with E-state index in [1.807, 2.05) is 59.6 Å². The zero-order valence-electron chi connectivity index (χ0n) is 15.1. The molecule has 142 valence electrons. The molecule has 0 saturated carbocycles. The molecule has 2 aromatic carbocycles. The van der Waals surface area contributed by atoms with Gasteiger partial charge in [0, 0.05) is 58.6 Å². The highest BCUT2D eigenvalue weighted by Crippen LogP contribution is 2.32. The van der Waals surface area contributed by atoms with Gasteiger partial charge in [0.1, 0.15) is 0 Å². The van der Waals surface area contributed by atoms with Gasteiger partial charge in [-0.2, -0.15) is 0 Å². The van der Waals surface area contributed by atoms with Crippen molar-refractivity contribution in [1.82, 2.24) is 15.4 Å². The molecule has 1 saturated heterocycles. The molecule has 0 radical (unpaired) electrons. The lowest BCUT2D eigenvalue weighted by Crippen LogP contribution is -2.46. The van der Waals surface area contributed by atoms with E-state index in [1.54, 1.807) is 0 Å². The van der Waals surface area contributed by atoms with Crippen LogP contribution in [0.4, 0.5) is 0 Å². The summed E-state index contributed by atoms with van der Waals surface area (Å²) in [6.07, 6.45) is 3.21. The number of halogens is 1. The first-order valence-electron chi connectivity index (χ1n) is 9.28. The zero-order valence-corrected chi connectivity index (χ0v) is 16.7. The maximum Gasteiger partial charge on any atom is 0.253 e. The fourth-order valence-electron chi connectivity index (χ4n) is 3.77. The molecule has 0 bridgehead atoms. The van der Waals surface area contributed by atoms with Gasteiger partial charge in [-0.3, -0.25) is 4.79 Å². The van der Waals surface area contributed by atoms with E-state index in [4.69, 9.17) is 9.83 Å². The van der Waals surface area contributed by atoms with Crippen molar-refractivity contribution in [2.45, 2.75) is 18.6 Å². The van der Waals surface area contributed by atoms with Gasteiger partial charge in [-0.05, 0) is 36.4 Å². The standard InChI is InChI=1S/C21H19BrN4O2/c22-17-4-1-14(2-5-17)19-24-21(28-25-19)8-11-26(12-9-21)20(27)16-3-6-18-15(13-16)7-10-23-18/h1-7,10,13,23H,8-9,11-12H2,(H,24,25). The summed E-state index contributed by atoms with van der Waals surface area (Å²) in [5.41, 5.74) is 5.12. The van der Waals surface area contributed by atoms with Crippen LogP contribution in [0.1, 0.15) is 28.8 Å². The number of aromatic nitrogens is 1. The number of piperidine rings is 1. The van der Waals surface area contributed by atoms with Gasteiger partial charge >= 0.3 is 0 Å². The van der Waals surface area contributed by atoms with E-state index in [1.165, 1.54) is 0 Å². The van der Waals surface area contributed by atoms with Crippen molar-refractivity contribution < 1.29 is 9.63 Å². The average Bonchev–Trinajstić information content (AvgIpc) is 3.35. The van der Waals surface area contributed by atoms with Crippen molar-refractivity contribution in [3.63, 3.8) is 0 Å². The molecule has 0 unspecified atom stereocenters. The summed E-state index contributed by atoms with van der Waals surface area (Å²) in [6, 6.07) is 15.7. The second-order valence-electron chi connectivity index (χ2n) is 7.19. The highest BCUT2D eigenvalue weighted by Gasteiger charge is 2.41. The zero-order chi connectivity index (χ0) is 19.1. The van der Waals surface area contributed by atoms with Crippen molar-refractivity contribution in [3.8, 4) is 0 Å². The fraction of sp³-hybridized carbons (Fsp3) is 0.238. The maximum absolute atomic E-state index is 12.9. The van der Waals surface area contributed by atoms with Crippen LogP contribution in [0, 0.1) is 0 Å². The number of rotatable bonds is 2. The Balaban J connectivity index is 1.29. The van der Waals surface area contributed by atoms with Gasteiger partial charge in [-0.25, -0.2) is 15.3 Å². The summed E-state index contributed by atoms with van der Waals surface area (Å²) >= 11 is 3.44. The Hall–Kier alpha value is -2.64. The van der Waals surface area contributed by atoms with Gasteiger partial charge in [0.15, 0.2) is 11.6 Å². The highest BCUT2D eigenvalue weighted by atomic mass is 79.9. The monoisotopic (exact) mass is 438 g/mol. The van der Waals surface area contributed by atoms with Gasteiger partial charge < -0.3 is 9.88 Å². The number of carbonyl (C=O) groups excluding carboxylic acids is 1. The minimum atomic E-state index is -0.593. The van der Waals surface area contributed by atoms with Gasteiger partial charge in [0.05, 0.1) is 0 Å². The summed E-state index contributed by atoms with van der Waals surface area (Å²) < 4.78 is 1.02. The fourth-order valence-corrected chi connectivity index (χ4v) is 4.03. The number of H-pyrrole nitrogens is 1. The molecule has 3 heterocycles. The van der Waals surface area contributed by atoms with Crippen LogP contribution in [0.25, 0.3) is 10.9 Å². The van der Waals surface area contributed by atoms with Crippen molar-refractivity contribution in [2.75, 3.05) is 13.1 Å². The number of nitrogens with zero attached hydrogens (tertiary/aromatic N) is 2. The number of carbonyl (C=O) groups is 1. The van der Waals surface area contributed by atoms with E-state index in [-0.39, 0.29) is 5.91 Å². The Morgan fingerprint density at radius 3 is 2.68 bits per heavy atom. The minimum Gasteiger partial charge on any atom is -0.361 e. The van der Waals surface area contributed by atoms with Crippen LogP contribution in [0.3, 0.4) is 0 Å². The van der Waals surface area contributed by atoms with E-state index in [0.29, 0.717) is 31.5 Å². The van der Waals surface area contributed by atoms with Crippen LogP contribution >= 0.6 is 15.9 Å². The third-order valence-electron chi connectivity index (χ3n) is 5.40. The molecule has 3 aromatic rings. The Labute approximate surface area is 170 Å². The van der Waals surface area contributed by atoms with Crippen molar-refractivity contribution in [1.29, 1.82) is 0 Å². The Bertz CT molecular complexity index is 1070. The van der Waals surface area contributed by atoms with Crippen LogP contribution in [0.15, 0.2) is 64.2 Å². The number of aliphatic imine (C=N–C) groups is 1. The van der Waals surface area contributed by atoms with Crippen LogP contribution in [0.2, 0.25) is 0 Å². The van der Waals surface area contributed by atoms with E-state index < -0.39 is 5.72 Å². The van der Waals surface area contributed by atoms with E-state index >= 15 is 0 Å². The van der Waals surface area contributed by atoms with Crippen LogP contribution in [-0.4, -0.2) is 40.4 Å². The van der Waals surface area contributed by atoms with Crippen LogP contribution in [0.5, 0.6) is 0 Å². The summed E-state index contributed by atoms with van der Waals surface area (Å²) in [6.45, 7) is 1.23. The molecule has 1 amide bonds. The number of amides is 1.